The van der Waals surface area contributed by atoms with E-state index in [-0.39, 0.29) is 16.0 Å². The van der Waals surface area contributed by atoms with Gasteiger partial charge in [0.15, 0.2) is 10.3 Å². The molecule has 2 aromatic rings. The summed E-state index contributed by atoms with van der Waals surface area (Å²) in [5.41, 5.74) is -0.320. The first-order valence-corrected chi connectivity index (χ1v) is 7.19. The molecule has 0 aliphatic rings. The lowest BCUT2D eigenvalue weighted by Gasteiger charge is -2.10. The normalized spacial score (nSPS) is 11.4. The predicted octanol–water partition coefficient (Wildman–Crippen LogP) is 2.86. The van der Waals surface area contributed by atoms with Crippen molar-refractivity contribution in [2.45, 2.75) is 4.90 Å². The SMILES string of the molecule is O=S(=O)(Nc1c(Cl)ncnc1Cl)c1cc(F)ccc1F. The zero-order chi connectivity index (χ0) is 14.9. The van der Waals surface area contributed by atoms with Gasteiger partial charge in [-0.05, 0) is 18.2 Å². The summed E-state index contributed by atoms with van der Waals surface area (Å²) in [7, 11) is -4.43. The molecule has 10 heteroatoms. The van der Waals surface area contributed by atoms with Crippen molar-refractivity contribution in [2.24, 2.45) is 0 Å². The molecule has 1 aromatic heterocycles. The molecule has 0 bridgehead atoms. The highest BCUT2D eigenvalue weighted by molar-refractivity contribution is 7.92. The molecule has 0 spiro atoms. The van der Waals surface area contributed by atoms with E-state index in [0.29, 0.717) is 12.1 Å². The smallest absolute Gasteiger partial charge is 0.265 e. The largest absolute Gasteiger partial charge is 0.273 e. The molecule has 5 nitrogen and oxygen atoms in total. The highest BCUT2D eigenvalue weighted by atomic mass is 35.5. The third-order valence-corrected chi connectivity index (χ3v) is 4.11. The van der Waals surface area contributed by atoms with Crippen LogP contribution in [-0.4, -0.2) is 18.4 Å². The molecule has 0 radical (unpaired) electrons. The molecule has 2 rings (SSSR count). The lowest BCUT2D eigenvalue weighted by atomic mass is 10.3. The van der Waals surface area contributed by atoms with Gasteiger partial charge in [-0.1, -0.05) is 23.2 Å². The van der Waals surface area contributed by atoms with E-state index in [4.69, 9.17) is 23.2 Å². The van der Waals surface area contributed by atoms with Crippen LogP contribution in [0.4, 0.5) is 14.5 Å². The van der Waals surface area contributed by atoms with Crippen LogP contribution in [0.5, 0.6) is 0 Å². The quantitative estimate of drug-likeness (QED) is 0.872. The van der Waals surface area contributed by atoms with E-state index in [2.05, 4.69) is 9.97 Å². The fraction of sp³-hybridized carbons (Fsp3) is 0. The van der Waals surface area contributed by atoms with Crippen molar-refractivity contribution in [2.75, 3.05) is 4.72 Å². The number of sulfonamides is 1. The molecule has 106 valence electrons. The minimum Gasteiger partial charge on any atom is -0.273 e. The summed E-state index contributed by atoms with van der Waals surface area (Å²) in [6.07, 6.45) is 1.02. The van der Waals surface area contributed by atoms with E-state index in [1.807, 2.05) is 4.72 Å². The van der Waals surface area contributed by atoms with E-state index in [1.165, 1.54) is 0 Å². The number of halogens is 4. The molecule has 1 N–H and O–H groups in total. The fourth-order valence-corrected chi connectivity index (χ4v) is 2.99. The number of anilines is 1. The van der Waals surface area contributed by atoms with Crippen molar-refractivity contribution >= 4 is 38.9 Å². The van der Waals surface area contributed by atoms with Gasteiger partial charge in [0.05, 0.1) is 0 Å². The van der Waals surface area contributed by atoms with Crippen LogP contribution in [0, 0.1) is 11.6 Å². The van der Waals surface area contributed by atoms with Crippen molar-refractivity contribution < 1.29 is 17.2 Å². The number of rotatable bonds is 3. The van der Waals surface area contributed by atoms with Crippen molar-refractivity contribution in [1.82, 2.24) is 9.97 Å². The Balaban J connectivity index is 2.49. The Labute approximate surface area is 122 Å². The van der Waals surface area contributed by atoms with Crippen LogP contribution in [0.15, 0.2) is 29.4 Å². The summed E-state index contributed by atoms with van der Waals surface area (Å²) in [4.78, 5) is 6.18. The Bertz CT molecular complexity index is 751. The van der Waals surface area contributed by atoms with Crippen molar-refractivity contribution in [1.29, 1.82) is 0 Å². The maximum Gasteiger partial charge on any atom is 0.265 e. The van der Waals surface area contributed by atoms with Crippen LogP contribution in [0.3, 0.4) is 0 Å². The number of nitrogens with zero attached hydrogens (tertiary/aromatic N) is 2. The summed E-state index contributed by atoms with van der Waals surface area (Å²) in [6, 6.07) is 2.01. The van der Waals surface area contributed by atoms with E-state index in [1.54, 1.807) is 0 Å². The monoisotopic (exact) mass is 339 g/mol. The number of hydrogen-bond donors (Lipinski definition) is 1. The summed E-state index contributed by atoms with van der Waals surface area (Å²) in [5.74, 6) is -2.03. The van der Waals surface area contributed by atoms with Gasteiger partial charge in [-0.25, -0.2) is 27.2 Å². The van der Waals surface area contributed by atoms with Crippen LogP contribution in [0.25, 0.3) is 0 Å². The summed E-state index contributed by atoms with van der Waals surface area (Å²) >= 11 is 11.3. The topological polar surface area (TPSA) is 72.0 Å². The highest BCUT2D eigenvalue weighted by Gasteiger charge is 2.23. The number of aromatic nitrogens is 2. The maximum atomic E-state index is 13.5. The van der Waals surface area contributed by atoms with Gasteiger partial charge >= 0.3 is 0 Å². The van der Waals surface area contributed by atoms with Crippen LogP contribution in [0.1, 0.15) is 0 Å². The number of hydrogen-bond acceptors (Lipinski definition) is 4. The van der Waals surface area contributed by atoms with E-state index in [0.717, 1.165) is 12.4 Å². The molecule has 0 amide bonds. The van der Waals surface area contributed by atoms with E-state index >= 15 is 0 Å². The van der Waals surface area contributed by atoms with Gasteiger partial charge in [-0.2, -0.15) is 0 Å². The molecule has 0 aliphatic carbocycles. The van der Waals surface area contributed by atoms with Gasteiger partial charge in [0.2, 0.25) is 0 Å². The second-order valence-corrected chi connectivity index (χ2v) is 5.88. The second kappa shape index (κ2) is 5.47. The van der Waals surface area contributed by atoms with Gasteiger partial charge in [-0.3, -0.25) is 4.72 Å². The Kier molecular flexibility index (Phi) is 4.07. The lowest BCUT2D eigenvalue weighted by molar-refractivity contribution is 0.555. The van der Waals surface area contributed by atoms with Crippen LogP contribution in [0.2, 0.25) is 10.3 Å². The molecular weight excluding hydrogens is 335 g/mol. The first-order valence-electron chi connectivity index (χ1n) is 4.95. The molecule has 0 atom stereocenters. The second-order valence-electron chi connectivity index (χ2n) is 3.51. The van der Waals surface area contributed by atoms with Crippen molar-refractivity contribution in [3.8, 4) is 0 Å². The van der Waals surface area contributed by atoms with Crippen LogP contribution < -0.4 is 4.72 Å². The Hall–Kier alpha value is -1.51. The van der Waals surface area contributed by atoms with Crippen molar-refractivity contribution in [3.63, 3.8) is 0 Å². The zero-order valence-corrected chi connectivity index (χ0v) is 11.8. The standard InChI is InChI=1S/C10H5Cl2F2N3O2S/c11-9-8(10(12)16-4-15-9)17-20(18,19)7-3-5(13)1-2-6(7)14/h1-4,17H. The Morgan fingerprint density at radius 3 is 2.30 bits per heavy atom. The molecule has 0 unspecified atom stereocenters. The van der Waals surface area contributed by atoms with Crippen LogP contribution >= 0.6 is 23.2 Å². The molecule has 20 heavy (non-hydrogen) atoms. The fourth-order valence-electron chi connectivity index (χ4n) is 1.30. The van der Waals surface area contributed by atoms with Gasteiger partial charge in [0, 0.05) is 0 Å². The molecule has 0 aliphatic heterocycles. The lowest BCUT2D eigenvalue weighted by Crippen LogP contribution is -2.16. The first-order chi connectivity index (χ1) is 9.31. The average molecular weight is 340 g/mol. The zero-order valence-electron chi connectivity index (χ0n) is 9.44. The Morgan fingerprint density at radius 2 is 1.70 bits per heavy atom. The molecule has 0 fully saturated rings. The molecule has 0 saturated carbocycles. The highest BCUT2D eigenvalue weighted by Crippen LogP contribution is 2.29. The van der Waals surface area contributed by atoms with Crippen molar-refractivity contribution in [3.05, 3.63) is 46.5 Å². The average Bonchev–Trinajstić information content (AvgIpc) is 2.37. The first kappa shape index (κ1) is 14.9. The third kappa shape index (κ3) is 2.97. The van der Waals surface area contributed by atoms with Crippen LogP contribution in [-0.2, 0) is 10.0 Å². The number of nitrogens with one attached hydrogen (secondary N) is 1. The summed E-state index contributed by atoms with van der Waals surface area (Å²) in [6.45, 7) is 0. The maximum absolute atomic E-state index is 13.5. The molecule has 0 saturated heterocycles. The molecule has 1 heterocycles. The minimum atomic E-state index is -4.43. The summed E-state index contributed by atoms with van der Waals surface area (Å²) in [5, 5.41) is -0.546. The number of benzene rings is 1. The molecular formula is C10H5Cl2F2N3O2S. The minimum absolute atomic E-state index is 0.273. The van der Waals surface area contributed by atoms with Gasteiger partial charge < -0.3 is 0 Å². The Morgan fingerprint density at radius 1 is 1.10 bits per heavy atom. The molecule has 1 aromatic carbocycles. The summed E-state index contributed by atoms with van der Waals surface area (Å²) < 4.78 is 52.4. The van der Waals surface area contributed by atoms with E-state index < -0.39 is 26.6 Å². The van der Waals surface area contributed by atoms with Gasteiger partial charge in [0.25, 0.3) is 10.0 Å². The third-order valence-electron chi connectivity index (χ3n) is 2.17. The predicted molar refractivity (Wildman–Crippen MR) is 69.2 cm³/mol. The van der Waals surface area contributed by atoms with Gasteiger partial charge in [-0.15, -0.1) is 0 Å². The van der Waals surface area contributed by atoms with Gasteiger partial charge in [0.1, 0.15) is 28.5 Å². The van der Waals surface area contributed by atoms with E-state index in [9.17, 15) is 17.2 Å².